The van der Waals surface area contributed by atoms with Crippen molar-refractivity contribution < 1.29 is 14.3 Å². The second-order valence-corrected chi connectivity index (χ2v) is 9.28. The average Bonchev–Trinajstić information content (AvgIpc) is 2.68. The lowest BCUT2D eigenvalue weighted by molar-refractivity contribution is -0.132. The van der Waals surface area contributed by atoms with Crippen molar-refractivity contribution in [1.29, 1.82) is 0 Å². The van der Waals surface area contributed by atoms with Gasteiger partial charge in [0.25, 0.3) is 0 Å². The normalized spacial score (nSPS) is 21.0. The Morgan fingerprint density at radius 2 is 1.79 bits per heavy atom. The molecule has 6 nitrogen and oxygen atoms in total. The molecule has 1 aliphatic heterocycles. The van der Waals surface area contributed by atoms with Gasteiger partial charge in [-0.15, -0.1) is 0 Å². The number of carbonyl (C=O) groups excluding carboxylic acids is 2. The van der Waals surface area contributed by atoms with Crippen LogP contribution in [0.4, 0.5) is 10.6 Å². The van der Waals surface area contributed by atoms with Crippen molar-refractivity contribution in [3.8, 4) is 0 Å². The van der Waals surface area contributed by atoms with Gasteiger partial charge in [-0.05, 0) is 58.9 Å². The van der Waals surface area contributed by atoms with Gasteiger partial charge in [-0.3, -0.25) is 9.69 Å². The molecule has 6 heteroatoms. The highest BCUT2D eigenvalue weighted by Crippen LogP contribution is 2.38. The molecule has 2 fully saturated rings. The van der Waals surface area contributed by atoms with Crippen molar-refractivity contribution in [3.63, 3.8) is 0 Å². The predicted molar refractivity (Wildman–Crippen MR) is 114 cm³/mol. The Morgan fingerprint density at radius 1 is 1.10 bits per heavy atom. The van der Waals surface area contributed by atoms with Crippen LogP contribution in [0.5, 0.6) is 0 Å². The maximum atomic E-state index is 13.3. The van der Waals surface area contributed by atoms with Crippen LogP contribution < -0.4 is 4.90 Å². The number of carbonyl (C=O) groups is 2. The fraction of sp³-hybridized carbons (Fsp3) is 0.696. The molecule has 3 rings (SSSR count). The highest BCUT2D eigenvalue weighted by Gasteiger charge is 2.36. The van der Waals surface area contributed by atoms with Crippen LogP contribution in [0.1, 0.15) is 90.7 Å². The molecule has 1 aliphatic carbocycles. The lowest BCUT2D eigenvalue weighted by atomic mass is 9.92. The standard InChI is InChI=1S/C23H35N3O3/c1-17(27)25-16-9-8-14-20(25)19-13-10-15-24-21(19)26(18-11-6-5-7-12-18)22(28)29-23(2,3)4/h10,13,15,18,20H,5-9,11-12,14,16H2,1-4H3/t20-/m0/s1. The van der Waals surface area contributed by atoms with Crippen molar-refractivity contribution in [3.05, 3.63) is 23.9 Å². The van der Waals surface area contributed by atoms with Crippen LogP contribution in [-0.2, 0) is 9.53 Å². The first-order chi connectivity index (χ1) is 13.8. The average molecular weight is 402 g/mol. The summed E-state index contributed by atoms with van der Waals surface area (Å²) >= 11 is 0. The Bertz CT molecular complexity index is 722. The van der Waals surface area contributed by atoms with Crippen LogP contribution in [0.2, 0.25) is 0 Å². The number of ether oxygens (including phenoxy) is 1. The molecule has 0 radical (unpaired) electrons. The van der Waals surface area contributed by atoms with E-state index in [0.717, 1.165) is 57.1 Å². The van der Waals surface area contributed by atoms with Crippen molar-refractivity contribution in [1.82, 2.24) is 9.88 Å². The Morgan fingerprint density at radius 3 is 2.45 bits per heavy atom. The molecule has 1 saturated carbocycles. The summed E-state index contributed by atoms with van der Waals surface area (Å²) in [4.78, 5) is 34.0. The SMILES string of the molecule is CC(=O)N1CCCC[C@H]1c1cccnc1N(C(=O)OC(C)(C)C)C1CCCCC1. The molecule has 0 bridgehead atoms. The summed E-state index contributed by atoms with van der Waals surface area (Å²) in [7, 11) is 0. The molecule has 1 atom stereocenters. The lowest BCUT2D eigenvalue weighted by Gasteiger charge is -2.39. The molecule has 1 aromatic rings. The molecule has 2 amide bonds. The number of likely N-dealkylation sites (tertiary alicyclic amines) is 1. The molecule has 1 saturated heterocycles. The van der Waals surface area contributed by atoms with E-state index in [0.29, 0.717) is 5.82 Å². The highest BCUT2D eigenvalue weighted by atomic mass is 16.6. The molecule has 29 heavy (non-hydrogen) atoms. The third-order valence-electron chi connectivity index (χ3n) is 5.84. The first kappa shape index (κ1) is 21.6. The van der Waals surface area contributed by atoms with Gasteiger partial charge in [0.2, 0.25) is 5.91 Å². The first-order valence-corrected chi connectivity index (χ1v) is 11.0. The van der Waals surface area contributed by atoms with Crippen LogP contribution in [0.25, 0.3) is 0 Å². The van der Waals surface area contributed by atoms with Crippen LogP contribution in [0, 0.1) is 0 Å². The number of amides is 2. The predicted octanol–water partition coefficient (Wildman–Crippen LogP) is 5.23. The van der Waals surface area contributed by atoms with Crippen LogP contribution >= 0.6 is 0 Å². The second kappa shape index (κ2) is 9.14. The van der Waals surface area contributed by atoms with Crippen molar-refractivity contribution in [2.75, 3.05) is 11.4 Å². The summed E-state index contributed by atoms with van der Waals surface area (Å²) in [5.41, 5.74) is 0.383. The zero-order valence-corrected chi connectivity index (χ0v) is 18.3. The minimum atomic E-state index is -0.574. The summed E-state index contributed by atoms with van der Waals surface area (Å²) in [6, 6.07) is 3.97. The fourth-order valence-corrected chi connectivity index (χ4v) is 4.56. The Balaban J connectivity index is 2.01. The largest absolute Gasteiger partial charge is 0.443 e. The number of hydrogen-bond acceptors (Lipinski definition) is 4. The molecule has 0 aromatic carbocycles. The van der Waals surface area contributed by atoms with Crippen molar-refractivity contribution in [2.45, 2.75) is 96.7 Å². The minimum absolute atomic E-state index is 0.0431. The maximum Gasteiger partial charge on any atom is 0.416 e. The molecule has 1 aromatic heterocycles. The van der Waals surface area contributed by atoms with Crippen LogP contribution in [0.15, 0.2) is 18.3 Å². The van der Waals surface area contributed by atoms with Gasteiger partial charge in [0.05, 0.1) is 6.04 Å². The molecule has 2 heterocycles. The van der Waals surface area contributed by atoms with E-state index in [1.165, 1.54) is 6.42 Å². The lowest BCUT2D eigenvalue weighted by Crippen LogP contribution is -2.46. The van der Waals surface area contributed by atoms with E-state index in [-0.39, 0.29) is 24.1 Å². The van der Waals surface area contributed by atoms with E-state index in [1.807, 2.05) is 37.8 Å². The van der Waals surface area contributed by atoms with E-state index in [2.05, 4.69) is 4.98 Å². The number of piperidine rings is 1. The van der Waals surface area contributed by atoms with Gasteiger partial charge in [-0.25, -0.2) is 9.78 Å². The fourth-order valence-electron chi connectivity index (χ4n) is 4.56. The number of aromatic nitrogens is 1. The third kappa shape index (κ3) is 5.28. The maximum absolute atomic E-state index is 13.3. The molecule has 160 valence electrons. The summed E-state index contributed by atoms with van der Waals surface area (Å²) in [5.74, 6) is 0.734. The summed E-state index contributed by atoms with van der Waals surface area (Å²) in [6.45, 7) is 8.05. The van der Waals surface area contributed by atoms with E-state index in [4.69, 9.17) is 4.74 Å². The van der Waals surface area contributed by atoms with Gasteiger partial charge >= 0.3 is 6.09 Å². The number of rotatable bonds is 3. The minimum Gasteiger partial charge on any atom is -0.443 e. The summed E-state index contributed by atoms with van der Waals surface area (Å²) in [6.07, 6.45) is 9.70. The van der Waals surface area contributed by atoms with Crippen LogP contribution in [0.3, 0.4) is 0 Å². The topological polar surface area (TPSA) is 62.7 Å². The van der Waals surface area contributed by atoms with Gasteiger partial charge in [-0.1, -0.05) is 25.3 Å². The van der Waals surface area contributed by atoms with Crippen LogP contribution in [-0.4, -0.2) is 40.1 Å². The summed E-state index contributed by atoms with van der Waals surface area (Å²) < 4.78 is 5.79. The quantitative estimate of drug-likeness (QED) is 0.696. The number of nitrogens with zero attached hydrogens (tertiary/aromatic N) is 3. The first-order valence-electron chi connectivity index (χ1n) is 11.0. The van der Waals surface area contributed by atoms with E-state index >= 15 is 0 Å². The summed E-state index contributed by atoms with van der Waals surface area (Å²) in [5, 5.41) is 0. The molecular formula is C23H35N3O3. The Labute approximate surface area is 174 Å². The van der Waals surface area contributed by atoms with Gasteiger partial charge in [0, 0.05) is 31.3 Å². The number of pyridine rings is 1. The van der Waals surface area contributed by atoms with Gasteiger partial charge < -0.3 is 9.64 Å². The van der Waals surface area contributed by atoms with E-state index in [1.54, 1.807) is 18.0 Å². The number of hydrogen-bond donors (Lipinski definition) is 0. The smallest absolute Gasteiger partial charge is 0.416 e. The second-order valence-electron chi connectivity index (χ2n) is 9.28. The zero-order chi connectivity index (χ0) is 21.0. The highest BCUT2D eigenvalue weighted by molar-refractivity contribution is 5.88. The molecule has 0 unspecified atom stereocenters. The molecular weight excluding hydrogens is 366 g/mol. The monoisotopic (exact) mass is 401 g/mol. The van der Waals surface area contributed by atoms with E-state index < -0.39 is 5.60 Å². The van der Waals surface area contributed by atoms with Gasteiger partial charge in [0.15, 0.2) is 0 Å². The van der Waals surface area contributed by atoms with Gasteiger partial charge in [0.1, 0.15) is 11.4 Å². The Hall–Kier alpha value is -2.11. The Kier molecular flexibility index (Phi) is 6.81. The van der Waals surface area contributed by atoms with Gasteiger partial charge in [-0.2, -0.15) is 0 Å². The molecule has 2 aliphatic rings. The number of anilines is 1. The van der Waals surface area contributed by atoms with E-state index in [9.17, 15) is 9.59 Å². The van der Waals surface area contributed by atoms with Crippen molar-refractivity contribution >= 4 is 17.8 Å². The van der Waals surface area contributed by atoms with Crippen molar-refractivity contribution in [2.24, 2.45) is 0 Å². The molecule has 0 spiro atoms. The zero-order valence-electron chi connectivity index (χ0n) is 18.3. The molecule has 0 N–H and O–H groups in total. The third-order valence-corrected chi connectivity index (χ3v) is 5.84.